The van der Waals surface area contributed by atoms with E-state index >= 15 is 0 Å². The number of halogens is 1. The summed E-state index contributed by atoms with van der Waals surface area (Å²) in [6.07, 6.45) is 1.98. The fourth-order valence-corrected chi connectivity index (χ4v) is 2.40. The molecule has 1 N–H and O–H groups in total. The Kier molecular flexibility index (Phi) is 4.46. The zero-order chi connectivity index (χ0) is 15.6. The Balaban J connectivity index is 1.97. The Hall–Kier alpha value is -1.69. The van der Waals surface area contributed by atoms with Crippen molar-refractivity contribution in [1.82, 2.24) is 9.88 Å². The van der Waals surface area contributed by atoms with Crippen molar-refractivity contribution in [1.29, 1.82) is 0 Å². The normalized spacial score (nSPS) is 20.4. The molecule has 21 heavy (non-hydrogen) atoms. The molecule has 1 unspecified atom stereocenters. The van der Waals surface area contributed by atoms with Crippen LogP contribution in [0.4, 0.5) is 9.18 Å². The summed E-state index contributed by atoms with van der Waals surface area (Å²) in [7, 11) is 0. The van der Waals surface area contributed by atoms with Crippen molar-refractivity contribution in [3.05, 3.63) is 29.8 Å². The number of pyridine rings is 1. The average molecular weight is 296 g/mol. The van der Waals surface area contributed by atoms with Crippen LogP contribution in [0, 0.1) is 11.7 Å². The standard InChI is InChI=1S/C15H21FN2O3/c1-15(2,3)21-14(20)18-5-4-10(9-18)13(19)11-6-12(16)8-17-7-11/h6-8,10,13,19H,4-5,9H2,1-3H3/t10?,13-/m1/s1. The summed E-state index contributed by atoms with van der Waals surface area (Å²) in [6, 6.07) is 1.27. The number of carbonyl (C=O) groups excluding carboxylic acids is 1. The first-order valence-electron chi connectivity index (χ1n) is 7.03. The maximum atomic E-state index is 13.1. The third-order valence-corrected chi connectivity index (χ3v) is 3.39. The molecule has 6 heteroatoms. The zero-order valence-electron chi connectivity index (χ0n) is 12.5. The smallest absolute Gasteiger partial charge is 0.410 e. The molecule has 0 radical (unpaired) electrons. The van der Waals surface area contributed by atoms with Gasteiger partial charge in [0.1, 0.15) is 11.4 Å². The van der Waals surface area contributed by atoms with Gasteiger partial charge in [0.05, 0.1) is 12.3 Å². The first kappa shape index (κ1) is 15.7. The molecule has 1 aliphatic rings. The molecule has 1 aliphatic heterocycles. The van der Waals surface area contributed by atoms with Crippen molar-refractivity contribution in [2.45, 2.75) is 38.9 Å². The Morgan fingerprint density at radius 3 is 2.86 bits per heavy atom. The number of aliphatic hydroxyl groups excluding tert-OH is 1. The van der Waals surface area contributed by atoms with Crippen LogP contribution in [-0.2, 0) is 4.74 Å². The van der Waals surface area contributed by atoms with Gasteiger partial charge in [-0.25, -0.2) is 9.18 Å². The molecule has 1 aromatic heterocycles. The summed E-state index contributed by atoms with van der Waals surface area (Å²) >= 11 is 0. The second-order valence-corrected chi connectivity index (χ2v) is 6.36. The fraction of sp³-hybridized carbons (Fsp3) is 0.600. The van der Waals surface area contributed by atoms with Gasteiger partial charge in [0.15, 0.2) is 0 Å². The van der Waals surface area contributed by atoms with E-state index in [1.165, 1.54) is 12.3 Å². The van der Waals surface area contributed by atoms with Crippen LogP contribution in [0.1, 0.15) is 38.9 Å². The van der Waals surface area contributed by atoms with Gasteiger partial charge in [0.2, 0.25) is 0 Å². The van der Waals surface area contributed by atoms with Crippen LogP contribution in [-0.4, -0.2) is 39.8 Å². The number of aliphatic hydroxyl groups is 1. The maximum absolute atomic E-state index is 13.1. The SMILES string of the molecule is CC(C)(C)OC(=O)N1CCC([C@@H](O)c2cncc(F)c2)C1. The minimum Gasteiger partial charge on any atom is -0.444 e. The van der Waals surface area contributed by atoms with Gasteiger partial charge >= 0.3 is 6.09 Å². The number of ether oxygens (including phenoxy) is 1. The third-order valence-electron chi connectivity index (χ3n) is 3.39. The molecule has 1 saturated heterocycles. The number of likely N-dealkylation sites (tertiary alicyclic amines) is 1. The molecule has 0 saturated carbocycles. The Bertz CT molecular complexity index is 516. The number of hydrogen-bond donors (Lipinski definition) is 1. The molecular formula is C15H21FN2O3. The lowest BCUT2D eigenvalue weighted by molar-refractivity contribution is 0.0268. The highest BCUT2D eigenvalue weighted by Gasteiger charge is 2.34. The van der Waals surface area contributed by atoms with E-state index in [2.05, 4.69) is 4.98 Å². The summed E-state index contributed by atoms with van der Waals surface area (Å²) in [5.74, 6) is -0.616. The minimum atomic E-state index is -0.833. The summed E-state index contributed by atoms with van der Waals surface area (Å²) < 4.78 is 18.5. The number of hydrogen-bond acceptors (Lipinski definition) is 4. The first-order valence-corrected chi connectivity index (χ1v) is 7.03. The van der Waals surface area contributed by atoms with E-state index in [9.17, 15) is 14.3 Å². The second kappa shape index (κ2) is 5.97. The van der Waals surface area contributed by atoms with Gasteiger partial charge in [-0.15, -0.1) is 0 Å². The lowest BCUT2D eigenvalue weighted by Gasteiger charge is -2.25. The molecule has 2 rings (SSSR count). The quantitative estimate of drug-likeness (QED) is 0.911. The van der Waals surface area contributed by atoms with Gasteiger partial charge in [0, 0.05) is 30.8 Å². The van der Waals surface area contributed by atoms with Crippen LogP contribution in [0.2, 0.25) is 0 Å². The Morgan fingerprint density at radius 1 is 1.52 bits per heavy atom. The van der Waals surface area contributed by atoms with E-state index in [0.29, 0.717) is 25.1 Å². The van der Waals surface area contributed by atoms with E-state index in [1.807, 2.05) is 20.8 Å². The van der Waals surface area contributed by atoms with E-state index in [4.69, 9.17) is 4.74 Å². The summed E-state index contributed by atoms with van der Waals surface area (Å²) in [5, 5.41) is 10.3. The average Bonchev–Trinajstić information content (AvgIpc) is 2.85. The first-order chi connectivity index (χ1) is 9.76. The van der Waals surface area contributed by atoms with Crippen molar-refractivity contribution in [2.75, 3.05) is 13.1 Å². The molecule has 2 atom stereocenters. The van der Waals surface area contributed by atoms with Crippen LogP contribution >= 0.6 is 0 Å². The van der Waals surface area contributed by atoms with Crippen molar-refractivity contribution in [3.8, 4) is 0 Å². The highest BCUT2D eigenvalue weighted by Crippen LogP contribution is 2.30. The van der Waals surface area contributed by atoms with Crippen LogP contribution in [0.15, 0.2) is 18.5 Å². The molecule has 0 aromatic carbocycles. The highest BCUT2D eigenvalue weighted by atomic mass is 19.1. The predicted octanol–water partition coefficient (Wildman–Crippen LogP) is 2.51. The van der Waals surface area contributed by atoms with E-state index in [1.54, 1.807) is 4.90 Å². The predicted molar refractivity (Wildman–Crippen MR) is 75.1 cm³/mol. The highest BCUT2D eigenvalue weighted by molar-refractivity contribution is 5.68. The number of rotatable bonds is 2. The van der Waals surface area contributed by atoms with Crippen molar-refractivity contribution in [3.63, 3.8) is 0 Å². The van der Waals surface area contributed by atoms with E-state index < -0.39 is 17.5 Å². The zero-order valence-corrected chi connectivity index (χ0v) is 12.5. The van der Waals surface area contributed by atoms with Crippen molar-refractivity contribution in [2.24, 2.45) is 5.92 Å². The molecule has 0 spiro atoms. The van der Waals surface area contributed by atoms with Gasteiger partial charge in [-0.05, 0) is 33.3 Å². The maximum Gasteiger partial charge on any atom is 0.410 e. The van der Waals surface area contributed by atoms with E-state index in [-0.39, 0.29) is 12.0 Å². The number of carbonyl (C=O) groups is 1. The number of amides is 1. The fourth-order valence-electron chi connectivity index (χ4n) is 2.40. The van der Waals surface area contributed by atoms with Gasteiger partial charge < -0.3 is 14.7 Å². The molecule has 1 aromatic rings. The number of nitrogens with zero attached hydrogens (tertiary/aromatic N) is 2. The van der Waals surface area contributed by atoms with Gasteiger partial charge in [-0.2, -0.15) is 0 Å². The third kappa shape index (κ3) is 4.14. The van der Waals surface area contributed by atoms with Crippen molar-refractivity contribution >= 4 is 6.09 Å². The topological polar surface area (TPSA) is 62.7 Å². The van der Waals surface area contributed by atoms with Gasteiger partial charge in [0.25, 0.3) is 0 Å². The molecule has 2 heterocycles. The lowest BCUT2D eigenvalue weighted by Crippen LogP contribution is -2.35. The Labute approximate surface area is 123 Å². The van der Waals surface area contributed by atoms with E-state index in [0.717, 1.165) is 6.20 Å². The molecule has 116 valence electrons. The van der Waals surface area contributed by atoms with Crippen LogP contribution in [0.3, 0.4) is 0 Å². The summed E-state index contributed by atoms with van der Waals surface area (Å²) in [5.41, 5.74) is -0.105. The monoisotopic (exact) mass is 296 g/mol. The van der Waals surface area contributed by atoms with Gasteiger partial charge in [-0.1, -0.05) is 0 Å². The lowest BCUT2D eigenvalue weighted by atomic mass is 9.96. The molecular weight excluding hydrogens is 275 g/mol. The summed E-state index contributed by atoms with van der Waals surface area (Å²) in [4.78, 5) is 17.3. The number of aromatic nitrogens is 1. The van der Waals surface area contributed by atoms with Crippen LogP contribution in [0.25, 0.3) is 0 Å². The summed E-state index contributed by atoms with van der Waals surface area (Å²) in [6.45, 7) is 6.36. The van der Waals surface area contributed by atoms with Crippen LogP contribution in [0.5, 0.6) is 0 Å². The largest absolute Gasteiger partial charge is 0.444 e. The molecule has 0 aliphatic carbocycles. The van der Waals surface area contributed by atoms with Crippen molar-refractivity contribution < 1.29 is 19.0 Å². The second-order valence-electron chi connectivity index (χ2n) is 6.36. The molecule has 1 fully saturated rings. The molecule has 1 amide bonds. The molecule has 5 nitrogen and oxygen atoms in total. The van der Waals surface area contributed by atoms with Gasteiger partial charge in [-0.3, -0.25) is 4.98 Å². The van der Waals surface area contributed by atoms with Crippen LogP contribution < -0.4 is 0 Å². The Morgan fingerprint density at radius 2 is 2.24 bits per heavy atom. The molecule has 0 bridgehead atoms. The minimum absolute atomic E-state index is 0.138.